The van der Waals surface area contributed by atoms with Crippen LogP contribution >= 0.6 is 0 Å². The van der Waals surface area contributed by atoms with Gasteiger partial charge in [0.15, 0.2) is 0 Å². The molecule has 0 N–H and O–H groups in total. The Balaban J connectivity index is 2.69. The summed E-state index contributed by atoms with van der Waals surface area (Å²) in [6, 6.07) is 8.66. The monoisotopic (exact) mass is 158 g/mol. The molecule has 1 aromatic carbocycles. The quantitative estimate of drug-likeness (QED) is 0.580. The second-order valence-corrected chi connectivity index (χ2v) is 2.77. The summed E-state index contributed by atoms with van der Waals surface area (Å²) >= 11 is 0. The van der Waals surface area contributed by atoms with Crippen molar-refractivity contribution in [1.82, 2.24) is 0 Å². The Labute approximate surface area is 74.6 Å². The lowest BCUT2D eigenvalue weighted by atomic mass is 10.1. The molecule has 62 valence electrons. The third kappa shape index (κ3) is 2.43. The Morgan fingerprint density at radius 3 is 2.17 bits per heavy atom. The minimum Gasteiger partial charge on any atom is -0.106 e. The van der Waals surface area contributed by atoms with Crippen LogP contribution in [0.5, 0.6) is 0 Å². The van der Waals surface area contributed by atoms with E-state index in [1.807, 2.05) is 6.92 Å². The highest BCUT2D eigenvalue weighted by atomic mass is 13.9. The number of rotatable bonds is 2. The molecule has 0 amide bonds. The van der Waals surface area contributed by atoms with E-state index in [-0.39, 0.29) is 0 Å². The molecule has 0 unspecified atom stereocenters. The van der Waals surface area contributed by atoms with Crippen molar-refractivity contribution in [2.24, 2.45) is 0 Å². The Kier molecular flexibility index (Phi) is 3.41. The molecule has 0 aliphatic rings. The zero-order chi connectivity index (χ0) is 8.81. The predicted octanol–water partition coefficient (Wildman–Crippen LogP) is 2.81. The van der Waals surface area contributed by atoms with Crippen LogP contribution in [0.15, 0.2) is 24.3 Å². The van der Waals surface area contributed by atoms with Gasteiger partial charge in [0.05, 0.1) is 0 Å². The zero-order valence-electron chi connectivity index (χ0n) is 7.72. The highest BCUT2D eigenvalue weighted by Gasteiger charge is 1.89. The second-order valence-electron chi connectivity index (χ2n) is 2.77. The Morgan fingerprint density at radius 2 is 1.67 bits per heavy atom. The van der Waals surface area contributed by atoms with Gasteiger partial charge in [0.1, 0.15) is 0 Å². The first kappa shape index (κ1) is 8.87. The summed E-state index contributed by atoms with van der Waals surface area (Å²) in [6.07, 6.45) is 1.99. The van der Waals surface area contributed by atoms with Crippen LogP contribution in [0.25, 0.3) is 0 Å². The van der Waals surface area contributed by atoms with Crippen LogP contribution in [-0.4, -0.2) is 0 Å². The molecule has 0 saturated heterocycles. The first-order valence-corrected chi connectivity index (χ1v) is 4.34. The molecule has 0 heterocycles. The summed E-state index contributed by atoms with van der Waals surface area (Å²) in [7, 11) is 0. The molecule has 1 rings (SSSR count). The second kappa shape index (κ2) is 4.62. The van der Waals surface area contributed by atoms with Gasteiger partial charge in [0.2, 0.25) is 0 Å². The highest BCUT2D eigenvalue weighted by Crippen LogP contribution is 2.04. The number of aryl methyl sites for hydroxylation is 1. The maximum absolute atomic E-state index is 3.05. The van der Waals surface area contributed by atoms with Gasteiger partial charge in [0.25, 0.3) is 0 Å². The minimum absolute atomic E-state index is 0.875. The van der Waals surface area contributed by atoms with Crippen molar-refractivity contribution in [3.05, 3.63) is 35.4 Å². The molecular weight excluding hydrogens is 144 g/mol. The van der Waals surface area contributed by atoms with Gasteiger partial charge in [-0.15, -0.1) is 5.92 Å². The Hall–Kier alpha value is -1.22. The standard InChI is InChI=1S/C12H14/c1-3-5-6-12-9-7-11(4-2)8-10-12/h7-10H,4,6H2,1-2H3. The molecule has 0 bridgehead atoms. The van der Waals surface area contributed by atoms with Crippen molar-refractivity contribution in [1.29, 1.82) is 0 Å². The van der Waals surface area contributed by atoms with Crippen molar-refractivity contribution >= 4 is 0 Å². The summed E-state index contributed by atoms with van der Waals surface area (Å²) in [4.78, 5) is 0. The van der Waals surface area contributed by atoms with Crippen LogP contribution in [-0.2, 0) is 12.8 Å². The highest BCUT2D eigenvalue weighted by molar-refractivity contribution is 5.25. The third-order valence-corrected chi connectivity index (χ3v) is 1.90. The van der Waals surface area contributed by atoms with Crippen molar-refractivity contribution in [3.8, 4) is 11.8 Å². The van der Waals surface area contributed by atoms with Crippen LogP contribution in [0, 0.1) is 11.8 Å². The van der Waals surface area contributed by atoms with Gasteiger partial charge >= 0.3 is 0 Å². The molecular formula is C12H14. The lowest BCUT2D eigenvalue weighted by Crippen LogP contribution is -1.83. The fourth-order valence-electron chi connectivity index (χ4n) is 1.08. The summed E-state index contributed by atoms with van der Waals surface area (Å²) < 4.78 is 0. The molecule has 12 heavy (non-hydrogen) atoms. The number of benzene rings is 1. The number of hydrogen-bond acceptors (Lipinski definition) is 0. The molecule has 0 aromatic heterocycles. The molecule has 1 aromatic rings. The SMILES string of the molecule is CC#CCc1ccc(CC)cc1. The largest absolute Gasteiger partial charge is 0.106 e. The van der Waals surface area contributed by atoms with Gasteiger partial charge in [0, 0.05) is 6.42 Å². The molecule has 0 aliphatic carbocycles. The maximum atomic E-state index is 3.05. The van der Waals surface area contributed by atoms with Gasteiger partial charge in [-0.2, -0.15) is 0 Å². The first-order valence-electron chi connectivity index (χ1n) is 4.34. The smallest absolute Gasteiger partial charge is 0.0340 e. The summed E-state index contributed by atoms with van der Waals surface area (Å²) in [6.45, 7) is 4.04. The van der Waals surface area contributed by atoms with Crippen LogP contribution in [0.1, 0.15) is 25.0 Å². The van der Waals surface area contributed by atoms with E-state index in [0.717, 1.165) is 12.8 Å². The van der Waals surface area contributed by atoms with E-state index in [9.17, 15) is 0 Å². The Bertz CT molecular complexity index is 282. The van der Waals surface area contributed by atoms with Crippen molar-refractivity contribution < 1.29 is 0 Å². The molecule has 0 atom stereocenters. The lowest BCUT2D eigenvalue weighted by molar-refractivity contribution is 1.13. The van der Waals surface area contributed by atoms with E-state index in [4.69, 9.17) is 0 Å². The van der Waals surface area contributed by atoms with E-state index in [0.29, 0.717) is 0 Å². The molecule has 0 fully saturated rings. The minimum atomic E-state index is 0.875. The zero-order valence-corrected chi connectivity index (χ0v) is 7.72. The van der Waals surface area contributed by atoms with Crippen molar-refractivity contribution in [2.45, 2.75) is 26.7 Å². The molecule has 0 aliphatic heterocycles. The van der Waals surface area contributed by atoms with Gasteiger partial charge in [-0.3, -0.25) is 0 Å². The van der Waals surface area contributed by atoms with Gasteiger partial charge in [-0.05, 0) is 24.5 Å². The molecule has 0 heteroatoms. The topological polar surface area (TPSA) is 0 Å². The van der Waals surface area contributed by atoms with Crippen LogP contribution in [0.3, 0.4) is 0 Å². The van der Waals surface area contributed by atoms with Crippen molar-refractivity contribution in [3.63, 3.8) is 0 Å². The van der Waals surface area contributed by atoms with E-state index in [1.165, 1.54) is 11.1 Å². The predicted molar refractivity (Wildman–Crippen MR) is 53.0 cm³/mol. The van der Waals surface area contributed by atoms with Crippen molar-refractivity contribution in [2.75, 3.05) is 0 Å². The molecule has 0 radical (unpaired) electrons. The van der Waals surface area contributed by atoms with E-state index in [2.05, 4.69) is 43.0 Å². The maximum Gasteiger partial charge on any atom is 0.0340 e. The molecule has 0 saturated carbocycles. The van der Waals surface area contributed by atoms with E-state index < -0.39 is 0 Å². The van der Waals surface area contributed by atoms with Gasteiger partial charge < -0.3 is 0 Å². The first-order chi connectivity index (χ1) is 5.86. The fourth-order valence-corrected chi connectivity index (χ4v) is 1.08. The molecule has 0 nitrogen and oxygen atoms in total. The normalized spacial score (nSPS) is 8.83. The average molecular weight is 158 g/mol. The van der Waals surface area contributed by atoms with Gasteiger partial charge in [-0.1, -0.05) is 37.1 Å². The fraction of sp³-hybridized carbons (Fsp3) is 0.333. The van der Waals surface area contributed by atoms with E-state index >= 15 is 0 Å². The summed E-state index contributed by atoms with van der Waals surface area (Å²) in [5.74, 6) is 5.95. The number of hydrogen-bond donors (Lipinski definition) is 0. The van der Waals surface area contributed by atoms with Gasteiger partial charge in [-0.25, -0.2) is 0 Å². The summed E-state index contributed by atoms with van der Waals surface area (Å²) in [5.41, 5.74) is 2.70. The average Bonchev–Trinajstić information content (AvgIpc) is 2.15. The van der Waals surface area contributed by atoms with Crippen LogP contribution < -0.4 is 0 Å². The Morgan fingerprint density at radius 1 is 1.08 bits per heavy atom. The van der Waals surface area contributed by atoms with E-state index in [1.54, 1.807) is 0 Å². The third-order valence-electron chi connectivity index (χ3n) is 1.90. The summed E-state index contributed by atoms with van der Waals surface area (Å²) in [5, 5.41) is 0. The van der Waals surface area contributed by atoms with Crippen LogP contribution in [0.2, 0.25) is 0 Å². The van der Waals surface area contributed by atoms with Crippen LogP contribution in [0.4, 0.5) is 0 Å². The lowest BCUT2D eigenvalue weighted by Gasteiger charge is -1.97. The molecule has 0 spiro atoms.